The molecule has 1 unspecified atom stereocenters. The first kappa shape index (κ1) is 18.0. The first-order chi connectivity index (χ1) is 15.6. The molecule has 32 heavy (non-hydrogen) atoms. The van der Waals surface area contributed by atoms with Crippen molar-refractivity contribution < 1.29 is 0 Å². The van der Waals surface area contributed by atoms with E-state index in [-0.39, 0.29) is 5.41 Å². The molecule has 1 heterocycles. The highest BCUT2D eigenvalue weighted by Crippen LogP contribution is 2.52. The standard InChI is InChI=1S/C31H25N/c1-31(2)27-13-7-5-11-23(27)24-16-15-22(19-28(24)31)32-29-14-8-6-12-25(29)26-17-20-9-3-4-10-21(20)18-30(26)32/h3-18,22H,19H2,1-2H3. The van der Waals surface area contributed by atoms with Gasteiger partial charge < -0.3 is 4.57 Å². The maximum Gasteiger partial charge on any atom is 0.0563 e. The molecule has 5 aromatic rings. The van der Waals surface area contributed by atoms with Crippen molar-refractivity contribution in [1.82, 2.24) is 4.57 Å². The highest BCUT2D eigenvalue weighted by atomic mass is 15.0. The highest BCUT2D eigenvalue weighted by Gasteiger charge is 2.39. The predicted octanol–water partition coefficient (Wildman–Crippen LogP) is 8.19. The van der Waals surface area contributed by atoms with Crippen LogP contribution in [-0.2, 0) is 5.41 Å². The minimum absolute atomic E-state index is 0.0698. The molecule has 0 N–H and O–H groups in total. The fourth-order valence-corrected chi connectivity index (χ4v) is 6.18. The molecule has 2 aliphatic carbocycles. The number of allylic oxidation sites excluding steroid dienone is 4. The van der Waals surface area contributed by atoms with Crippen molar-refractivity contribution in [3.8, 4) is 0 Å². The van der Waals surface area contributed by atoms with Gasteiger partial charge in [-0.3, -0.25) is 0 Å². The fourth-order valence-electron chi connectivity index (χ4n) is 6.18. The Bertz CT molecular complexity index is 1620. The Morgan fingerprint density at radius 3 is 2.34 bits per heavy atom. The third-order valence-corrected chi connectivity index (χ3v) is 7.78. The van der Waals surface area contributed by atoms with E-state index in [1.165, 1.54) is 49.3 Å². The summed E-state index contributed by atoms with van der Waals surface area (Å²) in [6.45, 7) is 4.79. The molecule has 1 nitrogen and oxygen atoms in total. The van der Waals surface area contributed by atoms with Crippen LogP contribution in [0.1, 0.15) is 37.4 Å². The molecule has 4 aromatic carbocycles. The molecule has 0 fully saturated rings. The predicted molar refractivity (Wildman–Crippen MR) is 136 cm³/mol. The van der Waals surface area contributed by atoms with Crippen molar-refractivity contribution in [2.45, 2.75) is 31.7 Å². The zero-order chi connectivity index (χ0) is 21.4. The molecule has 0 saturated heterocycles. The van der Waals surface area contributed by atoms with Crippen molar-refractivity contribution in [2.24, 2.45) is 0 Å². The molecular weight excluding hydrogens is 386 g/mol. The second kappa shape index (κ2) is 6.23. The lowest BCUT2D eigenvalue weighted by atomic mass is 9.77. The summed E-state index contributed by atoms with van der Waals surface area (Å²) in [7, 11) is 0. The monoisotopic (exact) mass is 411 g/mol. The minimum atomic E-state index is 0.0698. The largest absolute Gasteiger partial charge is 0.333 e. The van der Waals surface area contributed by atoms with Gasteiger partial charge in [-0.15, -0.1) is 0 Å². The van der Waals surface area contributed by atoms with Crippen LogP contribution in [0, 0.1) is 0 Å². The van der Waals surface area contributed by atoms with Gasteiger partial charge in [0.1, 0.15) is 0 Å². The molecule has 1 atom stereocenters. The highest BCUT2D eigenvalue weighted by molar-refractivity contribution is 6.12. The fraction of sp³-hybridized carbons (Fsp3) is 0.161. The second-order valence-electron chi connectivity index (χ2n) is 9.80. The number of fused-ring (bicyclic) bond motifs is 6. The van der Waals surface area contributed by atoms with E-state index in [0.717, 1.165) is 6.42 Å². The molecule has 0 amide bonds. The summed E-state index contributed by atoms with van der Waals surface area (Å²) in [4.78, 5) is 0. The van der Waals surface area contributed by atoms with Gasteiger partial charge in [0.15, 0.2) is 0 Å². The summed E-state index contributed by atoms with van der Waals surface area (Å²) in [5.74, 6) is 0. The van der Waals surface area contributed by atoms with Crippen molar-refractivity contribution in [1.29, 1.82) is 0 Å². The third-order valence-electron chi connectivity index (χ3n) is 7.78. The SMILES string of the molecule is CC1(C)C2=C(C=CC(n3c4ccccc4c4cc5ccccc5cc43)C2)c2ccccc21. The molecule has 0 bridgehead atoms. The smallest absolute Gasteiger partial charge is 0.0563 e. The second-order valence-corrected chi connectivity index (χ2v) is 9.80. The number of hydrogen-bond acceptors (Lipinski definition) is 0. The molecule has 1 aromatic heterocycles. The van der Waals surface area contributed by atoms with Gasteiger partial charge in [-0.1, -0.05) is 92.7 Å². The Morgan fingerprint density at radius 2 is 1.47 bits per heavy atom. The Labute approximate surface area is 188 Å². The molecule has 0 radical (unpaired) electrons. The summed E-state index contributed by atoms with van der Waals surface area (Å²) in [5, 5.41) is 5.30. The Kier molecular flexibility index (Phi) is 3.51. The van der Waals surface area contributed by atoms with Crippen LogP contribution in [0.3, 0.4) is 0 Å². The summed E-state index contributed by atoms with van der Waals surface area (Å²) in [6, 6.07) is 31.6. The average molecular weight is 412 g/mol. The first-order valence-electron chi connectivity index (χ1n) is 11.6. The van der Waals surface area contributed by atoms with E-state index < -0.39 is 0 Å². The summed E-state index contributed by atoms with van der Waals surface area (Å²) >= 11 is 0. The zero-order valence-corrected chi connectivity index (χ0v) is 18.5. The molecule has 154 valence electrons. The zero-order valence-electron chi connectivity index (χ0n) is 18.5. The van der Waals surface area contributed by atoms with E-state index in [2.05, 4.69) is 115 Å². The summed E-state index contributed by atoms with van der Waals surface area (Å²) in [6.07, 6.45) is 5.87. The third kappa shape index (κ3) is 2.29. The van der Waals surface area contributed by atoms with Crippen molar-refractivity contribution in [3.63, 3.8) is 0 Å². The normalized spacial score (nSPS) is 19.1. The summed E-state index contributed by atoms with van der Waals surface area (Å²) < 4.78 is 2.58. The number of rotatable bonds is 1. The lowest BCUT2D eigenvalue weighted by Crippen LogP contribution is -2.21. The van der Waals surface area contributed by atoms with Crippen molar-refractivity contribution in [2.75, 3.05) is 0 Å². The van der Waals surface area contributed by atoms with Crippen LogP contribution < -0.4 is 0 Å². The van der Waals surface area contributed by atoms with Gasteiger partial charge in [0, 0.05) is 21.7 Å². The van der Waals surface area contributed by atoms with Gasteiger partial charge in [0.25, 0.3) is 0 Å². The van der Waals surface area contributed by atoms with E-state index >= 15 is 0 Å². The van der Waals surface area contributed by atoms with E-state index in [1.54, 1.807) is 5.57 Å². The van der Waals surface area contributed by atoms with Crippen LogP contribution in [0.2, 0.25) is 0 Å². The Balaban J connectivity index is 1.46. The average Bonchev–Trinajstić information content (AvgIpc) is 3.26. The van der Waals surface area contributed by atoms with Gasteiger partial charge in [-0.25, -0.2) is 0 Å². The van der Waals surface area contributed by atoms with E-state index in [1.807, 2.05) is 0 Å². The topological polar surface area (TPSA) is 4.93 Å². The van der Waals surface area contributed by atoms with Gasteiger partial charge in [-0.05, 0) is 57.7 Å². The molecular formula is C31H25N. The Hall–Kier alpha value is -3.58. The van der Waals surface area contributed by atoms with Gasteiger partial charge >= 0.3 is 0 Å². The Morgan fingerprint density at radius 1 is 0.750 bits per heavy atom. The van der Waals surface area contributed by atoms with Crippen LogP contribution in [0.15, 0.2) is 103 Å². The summed E-state index contributed by atoms with van der Waals surface area (Å²) in [5.41, 5.74) is 8.60. The van der Waals surface area contributed by atoms with Crippen LogP contribution >= 0.6 is 0 Å². The number of aromatic nitrogens is 1. The molecule has 0 aliphatic heterocycles. The molecule has 2 aliphatic rings. The van der Waals surface area contributed by atoms with E-state index in [9.17, 15) is 0 Å². The minimum Gasteiger partial charge on any atom is -0.333 e. The van der Waals surface area contributed by atoms with E-state index in [0.29, 0.717) is 6.04 Å². The lowest BCUT2D eigenvalue weighted by Gasteiger charge is -2.30. The number of benzene rings is 4. The van der Waals surface area contributed by atoms with Gasteiger partial charge in [-0.2, -0.15) is 0 Å². The number of para-hydroxylation sites is 1. The maximum absolute atomic E-state index is 2.58. The van der Waals surface area contributed by atoms with Crippen molar-refractivity contribution in [3.05, 3.63) is 114 Å². The molecule has 1 heteroatoms. The molecule has 7 rings (SSSR count). The van der Waals surface area contributed by atoms with Crippen LogP contribution in [-0.4, -0.2) is 4.57 Å². The maximum atomic E-state index is 2.58. The number of nitrogens with zero attached hydrogens (tertiary/aromatic N) is 1. The van der Waals surface area contributed by atoms with Gasteiger partial charge in [0.2, 0.25) is 0 Å². The number of hydrogen-bond donors (Lipinski definition) is 0. The van der Waals surface area contributed by atoms with Crippen LogP contribution in [0.4, 0.5) is 0 Å². The quantitative estimate of drug-likeness (QED) is 0.262. The van der Waals surface area contributed by atoms with Crippen molar-refractivity contribution >= 4 is 38.2 Å². The van der Waals surface area contributed by atoms with Crippen LogP contribution in [0.5, 0.6) is 0 Å². The molecule has 0 spiro atoms. The lowest BCUT2D eigenvalue weighted by molar-refractivity contribution is 0.544. The molecule has 0 saturated carbocycles. The first-order valence-corrected chi connectivity index (χ1v) is 11.6. The van der Waals surface area contributed by atoms with Crippen LogP contribution in [0.25, 0.3) is 38.2 Å². The van der Waals surface area contributed by atoms with Gasteiger partial charge in [0.05, 0.1) is 11.6 Å². The van der Waals surface area contributed by atoms with E-state index in [4.69, 9.17) is 0 Å².